The SMILES string of the molecule is O=C(c1ccc2c(c1)CCCC2)N1CCN(c2nc3ccc(Cl)cc3s2)CC1. The lowest BCUT2D eigenvalue weighted by Crippen LogP contribution is -2.48. The highest BCUT2D eigenvalue weighted by molar-refractivity contribution is 7.22. The van der Waals surface area contributed by atoms with Crippen LogP contribution in [0.1, 0.15) is 34.3 Å². The van der Waals surface area contributed by atoms with Crippen LogP contribution < -0.4 is 4.90 Å². The van der Waals surface area contributed by atoms with E-state index in [1.807, 2.05) is 29.2 Å². The number of nitrogens with zero attached hydrogens (tertiary/aromatic N) is 3. The van der Waals surface area contributed by atoms with Crippen molar-refractivity contribution in [3.8, 4) is 0 Å². The summed E-state index contributed by atoms with van der Waals surface area (Å²) in [4.78, 5) is 22.0. The average molecular weight is 412 g/mol. The van der Waals surface area contributed by atoms with Crippen molar-refractivity contribution in [3.05, 3.63) is 58.1 Å². The predicted molar refractivity (Wildman–Crippen MR) is 116 cm³/mol. The predicted octanol–water partition coefficient (Wildman–Crippen LogP) is 4.79. The van der Waals surface area contributed by atoms with Gasteiger partial charge in [0.05, 0.1) is 10.2 Å². The topological polar surface area (TPSA) is 36.4 Å². The van der Waals surface area contributed by atoms with Crippen molar-refractivity contribution < 1.29 is 4.79 Å². The van der Waals surface area contributed by atoms with E-state index in [0.717, 1.165) is 65.0 Å². The van der Waals surface area contributed by atoms with E-state index >= 15 is 0 Å². The second kappa shape index (κ2) is 7.37. The van der Waals surface area contributed by atoms with Gasteiger partial charge in [-0.05, 0) is 67.1 Å². The lowest BCUT2D eigenvalue weighted by Gasteiger charge is -2.34. The Morgan fingerprint density at radius 1 is 0.964 bits per heavy atom. The Labute approximate surface area is 173 Å². The van der Waals surface area contributed by atoms with Gasteiger partial charge in [0.25, 0.3) is 5.91 Å². The van der Waals surface area contributed by atoms with Gasteiger partial charge in [0.2, 0.25) is 0 Å². The maximum Gasteiger partial charge on any atom is 0.253 e. The fourth-order valence-electron chi connectivity index (χ4n) is 4.17. The first-order valence-electron chi connectivity index (χ1n) is 9.89. The minimum absolute atomic E-state index is 0.157. The monoisotopic (exact) mass is 411 g/mol. The van der Waals surface area contributed by atoms with Crippen LogP contribution in [-0.2, 0) is 12.8 Å². The maximum atomic E-state index is 13.0. The molecule has 3 aromatic rings. The summed E-state index contributed by atoms with van der Waals surface area (Å²) in [6.45, 7) is 3.08. The molecule has 144 valence electrons. The molecule has 1 aromatic heterocycles. The van der Waals surface area contributed by atoms with E-state index < -0.39 is 0 Å². The van der Waals surface area contributed by atoms with Crippen LogP contribution >= 0.6 is 22.9 Å². The Hall–Kier alpha value is -2.11. The number of halogens is 1. The van der Waals surface area contributed by atoms with Crippen molar-refractivity contribution in [1.82, 2.24) is 9.88 Å². The van der Waals surface area contributed by atoms with E-state index in [2.05, 4.69) is 17.0 Å². The number of aryl methyl sites for hydroxylation is 2. The van der Waals surface area contributed by atoms with Gasteiger partial charge in [-0.15, -0.1) is 0 Å². The molecule has 0 radical (unpaired) electrons. The number of carbonyl (C=O) groups excluding carboxylic acids is 1. The molecular weight excluding hydrogens is 390 g/mol. The van der Waals surface area contributed by atoms with Gasteiger partial charge in [0, 0.05) is 36.8 Å². The van der Waals surface area contributed by atoms with E-state index in [1.165, 1.54) is 24.0 Å². The molecule has 5 rings (SSSR count). The summed E-state index contributed by atoms with van der Waals surface area (Å²) in [5.74, 6) is 0.157. The lowest BCUT2D eigenvalue weighted by atomic mass is 9.90. The van der Waals surface area contributed by atoms with Crippen molar-refractivity contribution in [2.24, 2.45) is 0 Å². The summed E-state index contributed by atoms with van der Waals surface area (Å²) < 4.78 is 1.11. The van der Waals surface area contributed by atoms with E-state index in [4.69, 9.17) is 16.6 Å². The molecule has 28 heavy (non-hydrogen) atoms. The molecule has 0 bridgehead atoms. The number of fused-ring (bicyclic) bond motifs is 2. The van der Waals surface area contributed by atoms with E-state index in [1.54, 1.807) is 11.3 Å². The molecular formula is C22H22ClN3OS. The largest absolute Gasteiger partial charge is 0.345 e. The second-order valence-electron chi connectivity index (χ2n) is 7.58. The Bertz CT molecular complexity index is 1040. The second-order valence-corrected chi connectivity index (χ2v) is 9.02. The first kappa shape index (κ1) is 18.0. The van der Waals surface area contributed by atoms with Crippen molar-refractivity contribution in [1.29, 1.82) is 0 Å². The summed E-state index contributed by atoms with van der Waals surface area (Å²) in [6, 6.07) is 12.1. The van der Waals surface area contributed by atoms with Gasteiger partial charge >= 0.3 is 0 Å². The van der Waals surface area contributed by atoms with Crippen molar-refractivity contribution >= 4 is 44.2 Å². The number of carbonyl (C=O) groups is 1. The molecule has 2 heterocycles. The number of hydrogen-bond donors (Lipinski definition) is 0. The molecule has 1 saturated heterocycles. The van der Waals surface area contributed by atoms with E-state index in [-0.39, 0.29) is 5.91 Å². The molecule has 1 fully saturated rings. The van der Waals surface area contributed by atoms with Gasteiger partial charge in [0.15, 0.2) is 5.13 Å². The Morgan fingerprint density at radius 3 is 2.57 bits per heavy atom. The van der Waals surface area contributed by atoms with E-state index in [9.17, 15) is 4.79 Å². The van der Waals surface area contributed by atoms with E-state index in [0.29, 0.717) is 0 Å². The molecule has 1 amide bonds. The number of anilines is 1. The minimum atomic E-state index is 0.157. The summed E-state index contributed by atoms with van der Waals surface area (Å²) in [5.41, 5.74) is 4.60. The summed E-state index contributed by atoms with van der Waals surface area (Å²) in [7, 11) is 0. The molecule has 1 aliphatic carbocycles. The Kier molecular flexibility index (Phi) is 4.73. The van der Waals surface area contributed by atoms with Crippen molar-refractivity contribution in [2.75, 3.05) is 31.1 Å². The maximum absolute atomic E-state index is 13.0. The van der Waals surface area contributed by atoms with Crippen LogP contribution in [0.25, 0.3) is 10.2 Å². The molecule has 2 aromatic carbocycles. The summed E-state index contributed by atoms with van der Waals surface area (Å²) in [5, 5.41) is 1.75. The summed E-state index contributed by atoms with van der Waals surface area (Å²) >= 11 is 7.76. The molecule has 0 unspecified atom stereocenters. The molecule has 0 saturated carbocycles. The highest BCUT2D eigenvalue weighted by atomic mass is 35.5. The molecule has 4 nitrogen and oxygen atoms in total. The van der Waals surface area contributed by atoms with Gasteiger partial charge in [-0.2, -0.15) is 0 Å². The zero-order chi connectivity index (χ0) is 19.1. The fourth-order valence-corrected chi connectivity index (χ4v) is 5.46. The van der Waals surface area contributed by atoms with Crippen molar-refractivity contribution in [2.45, 2.75) is 25.7 Å². The lowest BCUT2D eigenvalue weighted by molar-refractivity contribution is 0.0746. The van der Waals surface area contributed by atoms with Crippen LogP contribution in [0.4, 0.5) is 5.13 Å². The van der Waals surface area contributed by atoms with Gasteiger partial charge in [0.1, 0.15) is 0 Å². The third-order valence-electron chi connectivity index (χ3n) is 5.77. The quantitative estimate of drug-likeness (QED) is 0.608. The molecule has 1 aliphatic heterocycles. The number of piperazine rings is 1. The van der Waals surface area contributed by atoms with Crippen LogP contribution in [0, 0.1) is 0 Å². The normalized spacial score (nSPS) is 17.0. The Balaban J connectivity index is 1.28. The highest BCUT2D eigenvalue weighted by Gasteiger charge is 2.24. The fraction of sp³-hybridized carbons (Fsp3) is 0.364. The van der Waals surface area contributed by atoms with Gasteiger partial charge in [-0.1, -0.05) is 29.0 Å². The zero-order valence-electron chi connectivity index (χ0n) is 15.7. The molecule has 0 spiro atoms. The third kappa shape index (κ3) is 3.38. The molecule has 0 N–H and O–H groups in total. The smallest absolute Gasteiger partial charge is 0.253 e. The third-order valence-corrected chi connectivity index (χ3v) is 7.09. The number of thiazole rings is 1. The van der Waals surface area contributed by atoms with Crippen molar-refractivity contribution in [3.63, 3.8) is 0 Å². The van der Waals surface area contributed by atoms with Gasteiger partial charge in [-0.25, -0.2) is 4.98 Å². The molecule has 6 heteroatoms. The van der Waals surface area contributed by atoms with Crippen LogP contribution in [0.15, 0.2) is 36.4 Å². The first-order chi connectivity index (χ1) is 13.7. The Morgan fingerprint density at radius 2 is 1.75 bits per heavy atom. The highest BCUT2D eigenvalue weighted by Crippen LogP contribution is 2.31. The van der Waals surface area contributed by atoms with Gasteiger partial charge < -0.3 is 9.80 Å². The summed E-state index contributed by atoms with van der Waals surface area (Å²) in [6.07, 6.45) is 4.75. The zero-order valence-corrected chi connectivity index (χ0v) is 17.2. The molecule has 0 atom stereocenters. The number of benzene rings is 2. The van der Waals surface area contributed by atoms with Crippen LogP contribution in [0.3, 0.4) is 0 Å². The minimum Gasteiger partial charge on any atom is -0.345 e. The van der Waals surface area contributed by atoms with Crippen LogP contribution in [0.2, 0.25) is 5.02 Å². The van der Waals surface area contributed by atoms with Crippen LogP contribution in [0.5, 0.6) is 0 Å². The number of hydrogen-bond acceptors (Lipinski definition) is 4. The average Bonchev–Trinajstić information content (AvgIpc) is 3.16. The first-order valence-corrected chi connectivity index (χ1v) is 11.1. The standard InChI is InChI=1S/C22H22ClN3OS/c23-18-7-8-19-20(14-18)28-22(24-19)26-11-9-25(10-12-26)21(27)17-6-5-15-3-1-2-4-16(15)13-17/h5-8,13-14H,1-4,9-12H2. The van der Waals surface area contributed by atoms with Gasteiger partial charge in [-0.3, -0.25) is 4.79 Å². The number of amides is 1. The molecule has 2 aliphatic rings. The number of rotatable bonds is 2. The van der Waals surface area contributed by atoms with Crippen LogP contribution in [-0.4, -0.2) is 42.0 Å². The number of aromatic nitrogens is 1.